The van der Waals surface area contributed by atoms with Crippen molar-refractivity contribution in [2.75, 3.05) is 6.54 Å². The average Bonchev–Trinajstić information content (AvgIpc) is 2.08. The van der Waals surface area contributed by atoms with Gasteiger partial charge in [0.05, 0.1) is 0 Å². The van der Waals surface area contributed by atoms with Crippen molar-refractivity contribution in [2.24, 2.45) is 4.99 Å². The molecule has 1 nitrogen and oxygen atoms in total. The van der Waals surface area contributed by atoms with Gasteiger partial charge in [-0.25, -0.2) is 0 Å². The van der Waals surface area contributed by atoms with Crippen LogP contribution in [0, 0.1) is 0 Å². The lowest BCUT2D eigenvalue weighted by Crippen LogP contribution is -2.07. The quantitative estimate of drug-likeness (QED) is 0.264. The third-order valence-corrected chi connectivity index (χ3v) is 4.38. The van der Waals surface area contributed by atoms with Crippen molar-refractivity contribution in [3.63, 3.8) is 0 Å². The van der Waals surface area contributed by atoms with E-state index in [4.69, 9.17) is 33.2 Å². The Labute approximate surface area is 102 Å². The van der Waals surface area contributed by atoms with Gasteiger partial charge < -0.3 is 0 Å². The summed E-state index contributed by atoms with van der Waals surface area (Å²) in [7, 11) is 0. The summed E-state index contributed by atoms with van der Waals surface area (Å²) in [5, 5.41) is 0. The van der Waals surface area contributed by atoms with Crippen LogP contribution >= 0.6 is 33.2 Å². The van der Waals surface area contributed by atoms with E-state index in [-0.39, 0.29) is 0 Å². The summed E-state index contributed by atoms with van der Waals surface area (Å²) >= 11 is 17.2. The molecule has 0 fully saturated rings. The lowest BCUT2D eigenvalue weighted by atomic mass is 10.2. The highest BCUT2D eigenvalue weighted by atomic mass is 35.8. The number of hydrogen-bond donors (Lipinski definition) is 0. The second-order valence-corrected chi connectivity index (χ2v) is 12.6. The second-order valence-electron chi connectivity index (χ2n) is 3.30. The molecule has 0 N–H and O–H groups in total. The Morgan fingerprint density at radius 1 is 1.14 bits per heavy atom. The van der Waals surface area contributed by atoms with Gasteiger partial charge in [-0.3, -0.25) is 4.99 Å². The van der Waals surface area contributed by atoms with Crippen molar-refractivity contribution in [1.82, 2.24) is 0 Å². The summed E-state index contributed by atoms with van der Waals surface area (Å²) < 4.78 is 0. The maximum Gasteiger partial charge on any atom is 0.341 e. The first kappa shape index (κ1) is 14.8. The van der Waals surface area contributed by atoms with Crippen molar-refractivity contribution in [3.05, 3.63) is 0 Å². The van der Waals surface area contributed by atoms with E-state index >= 15 is 0 Å². The first-order valence-corrected chi connectivity index (χ1v) is 10.4. The van der Waals surface area contributed by atoms with Crippen molar-refractivity contribution in [2.45, 2.75) is 45.1 Å². The van der Waals surface area contributed by atoms with Gasteiger partial charge in [0.25, 0.3) is 0 Å². The maximum absolute atomic E-state index is 5.72. The standard InChI is InChI=1S/C9H18Cl3NSi/c1-2-3-4-5-7-13-8-6-9-14(10,11)12/h8H,2-7,9H2,1H3. The number of unbranched alkanes of at least 4 members (excludes halogenated alkanes) is 3. The molecular weight excluding hydrogens is 257 g/mol. The molecule has 0 unspecified atom stereocenters. The van der Waals surface area contributed by atoms with Gasteiger partial charge in [-0.2, -0.15) is 0 Å². The average molecular weight is 275 g/mol. The lowest BCUT2D eigenvalue weighted by Gasteiger charge is -2.03. The van der Waals surface area contributed by atoms with Crippen LogP contribution in [0.3, 0.4) is 0 Å². The Bertz CT molecular complexity index is 157. The van der Waals surface area contributed by atoms with E-state index in [0.717, 1.165) is 13.0 Å². The van der Waals surface area contributed by atoms with Crippen LogP contribution in [0.4, 0.5) is 0 Å². The number of halogens is 3. The molecule has 0 aliphatic heterocycles. The van der Waals surface area contributed by atoms with Crippen LogP contribution in [0.5, 0.6) is 0 Å². The predicted molar refractivity (Wildman–Crippen MR) is 70.2 cm³/mol. The Hall–Kier alpha value is 0.757. The molecule has 0 saturated heterocycles. The van der Waals surface area contributed by atoms with E-state index < -0.39 is 6.00 Å². The Kier molecular flexibility index (Phi) is 9.50. The molecule has 14 heavy (non-hydrogen) atoms. The van der Waals surface area contributed by atoms with Crippen LogP contribution in [0.1, 0.15) is 39.0 Å². The van der Waals surface area contributed by atoms with E-state index in [0.29, 0.717) is 6.04 Å². The summed E-state index contributed by atoms with van der Waals surface area (Å²) in [6, 6.07) is -1.74. The molecule has 0 saturated carbocycles. The highest BCUT2D eigenvalue weighted by molar-refractivity contribution is 7.64. The van der Waals surface area contributed by atoms with Crippen molar-refractivity contribution in [1.29, 1.82) is 0 Å². The molecule has 5 heteroatoms. The number of rotatable bonds is 8. The first-order valence-electron chi connectivity index (χ1n) is 5.11. The van der Waals surface area contributed by atoms with Crippen molar-refractivity contribution in [3.8, 4) is 0 Å². The Morgan fingerprint density at radius 3 is 2.43 bits per heavy atom. The molecule has 0 heterocycles. The second kappa shape index (κ2) is 9.02. The Balaban J connectivity index is 3.20. The van der Waals surface area contributed by atoms with Crippen LogP contribution in [-0.4, -0.2) is 18.8 Å². The summed E-state index contributed by atoms with van der Waals surface area (Å²) in [4.78, 5) is 4.27. The van der Waals surface area contributed by atoms with E-state index in [9.17, 15) is 0 Å². The minimum absolute atomic E-state index is 0.677. The van der Waals surface area contributed by atoms with Gasteiger partial charge in [0, 0.05) is 6.54 Å². The predicted octanol–water partition coefficient (Wildman–Crippen LogP) is 4.68. The van der Waals surface area contributed by atoms with Crippen LogP contribution in [0.15, 0.2) is 4.99 Å². The van der Waals surface area contributed by atoms with E-state index in [1.54, 1.807) is 0 Å². The van der Waals surface area contributed by atoms with Crippen LogP contribution in [0.2, 0.25) is 6.04 Å². The first-order chi connectivity index (χ1) is 6.56. The summed E-state index contributed by atoms with van der Waals surface area (Å²) in [5.74, 6) is 0. The molecule has 0 aromatic rings. The molecule has 0 aromatic heterocycles. The molecule has 0 atom stereocenters. The zero-order chi connectivity index (χ0) is 10.9. The topological polar surface area (TPSA) is 12.4 Å². The van der Waals surface area contributed by atoms with Gasteiger partial charge in [0.15, 0.2) is 0 Å². The van der Waals surface area contributed by atoms with E-state index in [1.165, 1.54) is 25.7 Å². The molecule has 0 rings (SSSR count). The minimum Gasteiger partial charge on any atom is -0.298 e. The zero-order valence-corrected chi connectivity index (χ0v) is 11.9. The van der Waals surface area contributed by atoms with Gasteiger partial charge in [0.1, 0.15) is 0 Å². The third kappa shape index (κ3) is 12.8. The molecule has 0 amide bonds. The normalized spacial score (nSPS) is 12.6. The van der Waals surface area contributed by atoms with Crippen LogP contribution < -0.4 is 0 Å². The smallest absolute Gasteiger partial charge is 0.298 e. The van der Waals surface area contributed by atoms with Gasteiger partial charge >= 0.3 is 6.00 Å². The summed E-state index contributed by atoms with van der Waals surface area (Å²) in [5.41, 5.74) is 0. The number of nitrogens with zero attached hydrogens (tertiary/aromatic N) is 1. The van der Waals surface area contributed by atoms with Crippen molar-refractivity contribution < 1.29 is 0 Å². The Morgan fingerprint density at radius 2 is 1.86 bits per heavy atom. The molecule has 0 spiro atoms. The van der Waals surface area contributed by atoms with E-state index in [2.05, 4.69) is 11.9 Å². The summed E-state index contributed by atoms with van der Waals surface area (Å²) in [6.07, 6.45) is 7.71. The maximum atomic E-state index is 5.72. The minimum atomic E-state index is -2.41. The molecule has 0 aliphatic rings. The van der Waals surface area contributed by atoms with E-state index in [1.807, 2.05) is 6.21 Å². The fraction of sp³-hybridized carbons (Fsp3) is 0.889. The summed E-state index contributed by atoms with van der Waals surface area (Å²) in [6.45, 7) is 3.12. The van der Waals surface area contributed by atoms with Crippen LogP contribution in [-0.2, 0) is 0 Å². The molecular formula is C9H18Cl3NSi. The fourth-order valence-electron chi connectivity index (χ4n) is 1.04. The number of aliphatic imine (C=N–C) groups is 1. The lowest BCUT2D eigenvalue weighted by molar-refractivity contribution is 0.675. The molecule has 0 bridgehead atoms. The molecule has 0 aliphatic carbocycles. The zero-order valence-electron chi connectivity index (χ0n) is 8.61. The molecule has 0 radical (unpaired) electrons. The molecule has 0 aromatic carbocycles. The highest BCUT2D eigenvalue weighted by Gasteiger charge is 2.23. The van der Waals surface area contributed by atoms with Gasteiger partial charge in [-0.15, -0.1) is 33.2 Å². The SMILES string of the molecule is CCCCCCN=CCC[Si](Cl)(Cl)Cl. The van der Waals surface area contributed by atoms with Crippen molar-refractivity contribution >= 4 is 45.5 Å². The van der Waals surface area contributed by atoms with Gasteiger partial charge in [-0.1, -0.05) is 26.2 Å². The van der Waals surface area contributed by atoms with Crippen LogP contribution in [0.25, 0.3) is 0 Å². The van der Waals surface area contributed by atoms with Gasteiger partial charge in [-0.05, 0) is 25.1 Å². The number of hydrogen-bond acceptors (Lipinski definition) is 1. The van der Waals surface area contributed by atoms with Gasteiger partial charge in [0.2, 0.25) is 0 Å². The fourth-order valence-corrected chi connectivity index (χ4v) is 2.48. The monoisotopic (exact) mass is 273 g/mol. The molecule has 84 valence electrons. The highest BCUT2D eigenvalue weighted by Crippen LogP contribution is 2.25. The largest absolute Gasteiger partial charge is 0.341 e. The third-order valence-electron chi connectivity index (χ3n) is 1.83.